The molecule has 0 aliphatic rings. The third-order valence-corrected chi connectivity index (χ3v) is 6.60. The van der Waals surface area contributed by atoms with E-state index in [1.54, 1.807) is 7.05 Å². The molecule has 2 aromatic carbocycles. The maximum absolute atomic E-state index is 13.4. The molecule has 0 radical (unpaired) electrons. The van der Waals surface area contributed by atoms with Gasteiger partial charge in [0.15, 0.2) is 17.6 Å². The zero-order chi connectivity index (χ0) is 28.4. The van der Waals surface area contributed by atoms with Gasteiger partial charge in [-0.05, 0) is 75.4 Å². The van der Waals surface area contributed by atoms with E-state index in [9.17, 15) is 4.79 Å². The van der Waals surface area contributed by atoms with Crippen LogP contribution in [0.3, 0.4) is 0 Å². The monoisotopic (exact) mass is 528 g/mol. The number of imidazole rings is 1. The second-order valence-corrected chi connectivity index (χ2v) is 9.62. The average Bonchev–Trinajstić information content (AvgIpc) is 3.28. The van der Waals surface area contributed by atoms with Crippen molar-refractivity contribution in [3.8, 4) is 0 Å². The average molecular weight is 529 g/mol. The van der Waals surface area contributed by atoms with Crippen molar-refractivity contribution in [3.63, 3.8) is 0 Å². The Labute approximate surface area is 230 Å². The van der Waals surface area contributed by atoms with Crippen molar-refractivity contribution in [3.05, 3.63) is 59.9 Å². The molecule has 1 aromatic heterocycles. The van der Waals surface area contributed by atoms with Gasteiger partial charge in [0.05, 0.1) is 29.0 Å². The Morgan fingerprint density at radius 3 is 2.41 bits per heavy atom. The lowest BCUT2D eigenvalue weighted by molar-refractivity contribution is 0.0973. The summed E-state index contributed by atoms with van der Waals surface area (Å²) < 4.78 is 1.94. The van der Waals surface area contributed by atoms with Crippen molar-refractivity contribution in [2.75, 3.05) is 20.1 Å². The Bertz CT molecular complexity index is 1390. The van der Waals surface area contributed by atoms with Gasteiger partial charge in [-0.2, -0.15) is 0 Å². The maximum atomic E-state index is 13.4. The van der Waals surface area contributed by atoms with Gasteiger partial charge in [0.2, 0.25) is 0 Å². The number of rotatable bonds is 13. The highest BCUT2D eigenvalue weighted by Crippen LogP contribution is 2.21. The van der Waals surface area contributed by atoms with E-state index in [2.05, 4.69) is 28.8 Å². The minimum absolute atomic E-state index is 0.0154. The first-order valence-electron chi connectivity index (χ1n) is 13.4. The van der Waals surface area contributed by atoms with Gasteiger partial charge >= 0.3 is 0 Å². The number of nitrogens with two attached hydrogens (primary N) is 2. The summed E-state index contributed by atoms with van der Waals surface area (Å²) in [6.45, 7) is 9.66. The summed E-state index contributed by atoms with van der Waals surface area (Å²) in [4.78, 5) is 36.1. The molecule has 0 spiro atoms. The maximum Gasteiger partial charge on any atom is 0.185 e. The molecular formula is C30H40N8O. The van der Waals surface area contributed by atoms with Gasteiger partial charge in [-0.25, -0.2) is 4.98 Å². The number of guanidine groups is 1. The van der Waals surface area contributed by atoms with Gasteiger partial charge in [-0.15, -0.1) is 0 Å². The van der Waals surface area contributed by atoms with Gasteiger partial charge in [0.1, 0.15) is 5.71 Å². The minimum Gasteiger partial charge on any atom is -0.370 e. The minimum atomic E-state index is -0.0154. The lowest BCUT2D eigenvalue weighted by Crippen LogP contribution is -2.23. The Balaban J connectivity index is 1.79. The van der Waals surface area contributed by atoms with Crippen molar-refractivity contribution in [1.82, 2.24) is 9.55 Å². The Morgan fingerprint density at radius 2 is 1.74 bits per heavy atom. The number of hydrogen-bond donors (Lipinski definition) is 2. The Kier molecular flexibility index (Phi) is 10.7. The zero-order valence-electron chi connectivity index (χ0n) is 23.7. The molecule has 1 unspecified atom stereocenters. The summed E-state index contributed by atoms with van der Waals surface area (Å²) in [5.41, 5.74) is 16.4. The van der Waals surface area contributed by atoms with Crippen LogP contribution >= 0.6 is 0 Å². The van der Waals surface area contributed by atoms with E-state index >= 15 is 0 Å². The van der Waals surface area contributed by atoms with Crippen LogP contribution in [0.2, 0.25) is 0 Å². The molecule has 9 nitrogen and oxygen atoms in total. The summed E-state index contributed by atoms with van der Waals surface area (Å²) in [6.07, 6.45) is 2.77. The number of nitrogens with zero attached hydrogens (tertiary/aromatic N) is 6. The summed E-state index contributed by atoms with van der Waals surface area (Å²) in [5.74, 6) is 1.05. The number of aromatic nitrogens is 2. The third kappa shape index (κ3) is 7.92. The number of benzene rings is 2. The number of aliphatic imine (C=N–C) groups is 4. The quantitative estimate of drug-likeness (QED) is 0.140. The van der Waals surface area contributed by atoms with Crippen molar-refractivity contribution in [2.45, 2.75) is 53.5 Å². The van der Waals surface area contributed by atoms with Crippen LogP contribution in [0.1, 0.15) is 63.1 Å². The fourth-order valence-electron chi connectivity index (χ4n) is 4.28. The van der Waals surface area contributed by atoms with Crippen LogP contribution in [0.15, 0.2) is 68.5 Å². The predicted molar refractivity (Wildman–Crippen MR) is 163 cm³/mol. The third-order valence-electron chi connectivity index (χ3n) is 6.60. The second-order valence-electron chi connectivity index (χ2n) is 9.62. The predicted octanol–water partition coefficient (Wildman–Crippen LogP) is 4.99. The van der Waals surface area contributed by atoms with Gasteiger partial charge in [-0.3, -0.25) is 24.8 Å². The first kappa shape index (κ1) is 29.4. The van der Waals surface area contributed by atoms with E-state index in [0.717, 1.165) is 54.0 Å². The molecule has 206 valence electrons. The lowest BCUT2D eigenvalue weighted by atomic mass is 10.0. The van der Waals surface area contributed by atoms with Crippen LogP contribution in [0.5, 0.6) is 0 Å². The van der Waals surface area contributed by atoms with Gasteiger partial charge < -0.3 is 16.0 Å². The first-order valence-corrected chi connectivity index (χ1v) is 13.4. The molecule has 0 saturated heterocycles. The van der Waals surface area contributed by atoms with Crippen LogP contribution in [0.4, 0.5) is 5.69 Å². The van der Waals surface area contributed by atoms with E-state index in [1.807, 2.05) is 66.9 Å². The highest BCUT2D eigenvalue weighted by Gasteiger charge is 2.20. The second kappa shape index (κ2) is 14.1. The van der Waals surface area contributed by atoms with E-state index in [1.165, 1.54) is 0 Å². The zero-order valence-corrected chi connectivity index (χ0v) is 23.7. The van der Waals surface area contributed by atoms with Crippen molar-refractivity contribution in [2.24, 2.45) is 37.4 Å². The normalized spacial score (nSPS) is 13.5. The van der Waals surface area contributed by atoms with Gasteiger partial charge in [0.25, 0.3) is 0 Å². The van der Waals surface area contributed by atoms with E-state index < -0.39 is 0 Å². The number of hydrogen-bond acceptors (Lipinski definition) is 6. The van der Waals surface area contributed by atoms with Crippen LogP contribution in [-0.2, 0) is 6.54 Å². The smallest absolute Gasteiger partial charge is 0.185 e. The molecule has 39 heavy (non-hydrogen) atoms. The fraction of sp³-hybridized carbons (Fsp3) is 0.400. The molecule has 0 fully saturated rings. The van der Waals surface area contributed by atoms with Gasteiger partial charge in [0, 0.05) is 31.4 Å². The highest BCUT2D eigenvalue weighted by molar-refractivity contribution is 6.47. The van der Waals surface area contributed by atoms with Gasteiger partial charge in [-0.1, -0.05) is 26.0 Å². The summed E-state index contributed by atoms with van der Waals surface area (Å²) >= 11 is 0. The molecule has 0 saturated carbocycles. The molecule has 0 aliphatic heterocycles. The molecule has 9 heteroatoms. The Hall–Kier alpha value is -4.14. The van der Waals surface area contributed by atoms with E-state index in [-0.39, 0.29) is 18.3 Å². The molecule has 0 amide bonds. The van der Waals surface area contributed by atoms with Crippen LogP contribution in [0.25, 0.3) is 11.0 Å². The Morgan fingerprint density at radius 1 is 1.03 bits per heavy atom. The summed E-state index contributed by atoms with van der Waals surface area (Å²) in [7, 11) is 1.73. The number of Topliss-reactive ketones (excluding diaryl/α,β-unsaturated/α-hetero) is 1. The van der Waals surface area contributed by atoms with Crippen molar-refractivity contribution >= 4 is 45.6 Å². The van der Waals surface area contributed by atoms with Crippen LogP contribution < -0.4 is 11.5 Å². The molecule has 1 atom stereocenters. The largest absolute Gasteiger partial charge is 0.370 e. The lowest BCUT2D eigenvalue weighted by Gasteiger charge is -2.12. The summed E-state index contributed by atoms with van der Waals surface area (Å²) in [6, 6.07) is 15.3. The molecule has 0 aliphatic carbocycles. The number of para-hydroxylation sites is 2. The van der Waals surface area contributed by atoms with Crippen molar-refractivity contribution in [1.29, 1.82) is 0 Å². The SMILES string of the molecule is CCCN=C(C)C(=NC)c1nc2ccccc2n1CC(=O)c1ccc(N=C(C)C(C)CCCN=C(N)N)cc1. The highest BCUT2D eigenvalue weighted by atomic mass is 16.1. The van der Waals surface area contributed by atoms with E-state index in [0.29, 0.717) is 29.6 Å². The molecule has 3 aromatic rings. The number of ketones is 1. The van der Waals surface area contributed by atoms with Crippen LogP contribution in [-0.4, -0.2) is 58.6 Å². The first-order chi connectivity index (χ1) is 18.7. The molecule has 4 N–H and O–H groups in total. The molecule has 0 bridgehead atoms. The number of carbonyl (C=O) groups is 1. The molecule has 3 rings (SSSR count). The molecular weight excluding hydrogens is 488 g/mol. The van der Waals surface area contributed by atoms with Crippen LogP contribution in [0, 0.1) is 5.92 Å². The topological polar surface area (TPSA) is 136 Å². The fourth-order valence-corrected chi connectivity index (χ4v) is 4.28. The summed E-state index contributed by atoms with van der Waals surface area (Å²) in [5, 5.41) is 0. The standard InChI is InChI=1S/C30H40N8O/c1-6-17-34-22(4)28(33-5)29-37-25-11-7-8-12-26(25)38(29)19-27(39)23-13-15-24(16-14-23)36-21(3)20(2)10-9-18-35-30(31)32/h7-8,11-16,20H,6,9-10,17-19H2,1-5H3,(H4,31,32,35). The molecule has 1 heterocycles. The number of fused-ring (bicyclic) bond motifs is 1. The van der Waals surface area contributed by atoms with E-state index in [4.69, 9.17) is 21.4 Å². The number of carbonyl (C=O) groups excluding carboxylic acids is 1. The van der Waals surface area contributed by atoms with Crippen molar-refractivity contribution < 1.29 is 4.79 Å².